The maximum atomic E-state index is 11.3. The van der Waals surface area contributed by atoms with E-state index in [0.717, 1.165) is 5.56 Å². The summed E-state index contributed by atoms with van der Waals surface area (Å²) in [5.41, 5.74) is 1.68. The number of benzene rings is 1. The lowest BCUT2D eigenvalue weighted by Gasteiger charge is -2.13. The Bertz CT molecular complexity index is 472. The average molecular weight is 265 g/mol. The first-order chi connectivity index (χ1) is 8.91. The molecule has 3 N–H and O–H groups in total. The largest absolute Gasteiger partial charge is 0.478 e. The SMILES string of the molecule is Cc1ccc(NCCNC(=O)N(C)C)c(C(=O)O)c1. The smallest absolute Gasteiger partial charge is 0.337 e. The number of carboxylic acid groups (broad SMARTS) is 1. The second-order valence-electron chi connectivity index (χ2n) is 4.41. The van der Waals surface area contributed by atoms with Crippen molar-refractivity contribution in [3.63, 3.8) is 0 Å². The van der Waals surface area contributed by atoms with Gasteiger partial charge in [-0.2, -0.15) is 0 Å². The Labute approximate surface area is 112 Å². The predicted molar refractivity (Wildman–Crippen MR) is 73.7 cm³/mol. The van der Waals surface area contributed by atoms with E-state index in [1.54, 1.807) is 26.2 Å². The average Bonchev–Trinajstić information content (AvgIpc) is 2.35. The number of hydrogen-bond donors (Lipinski definition) is 3. The van der Waals surface area contributed by atoms with E-state index in [2.05, 4.69) is 10.6 Å². The molecule has 0 saturated heterocycles. The van der Waals surface area contributed by atoms with E-state index in [0.29, 0.717) is 18.8 Å². The number of anilines is 1. The van der Waals surface area contributed by atoms with Crippen molar-refractivity contribution < 1.29 is 14.7 Å². The van der Waals surface area contributed by atoms with Crippen LogP contribution in [0.4, 0.5) is 10.5 Å². The van der Waals surface area contributed by atoms with Crippen LogP contribution in [0.5, 0.6) is 0 Å². The molecule has 0 spiro atoms. The first kappa shape index (κ1) is 14.8. The van der Waals surface area contributed by atoms with Gasteiger partial charge in [-0.1, -0.05) is 11.6 Å². The molecule has 0 radical (unpaired) electrons. The van der Waals surface area contributed by atoms with Gasteiger partial charge in [-0.3, -0.25) is 0 Å². The van der Waals surface area contributed by atoms with Gasteiger partial charge in [0.25, 0.3) is 0 Å². The van der Waals surface area contributed by atoms with Gasteiger partial charge in [0, 0.05) is 32.9 Å². The Morgan fingerprint density at radius 1 is 1.26 bits per heavy atom. The van der Waals surface area contributed by atoms with E-state index < -0.39 is 5.97 Å². The highest BCUT2D eigenvalue weighted by Gasteiger charge is 2.09. The molecule has 6 heteroatoms. The maximum absolute atomic E-state index is 11.3. The second-order valence-corrected chi connectivity index (χ2v) is 4.41. The number of carbonyl (C=O) groups is 2. The van der Waals surface area contributed by atoms with E-state index in [1.807, 2.05) is 13.0 Å². The van der Waals surface area contributed by atoms with Crippen molar-refractivity contribution in [1.29, 1.82) is 0 Å². The Morgan fingerprint density at radius 2 is 1.95 bits per heavy atom. The fraction of sp³-hybridized carbons (Fsp3) is 0.385. The van der Waals surface area contributed by atoms with Gasteiger partial charge < -0.3 is 20.6 Å². The number of hydrogen-bond acceptors (Lipinski definition) is 3. The summed E-state index contributed by atoms with van der Waals surface area (Å²) >= 11 is 0. The molecule has 2 amide bonds. The number of rotatable bonds is 5. The minimum atomic E-state index is -0.969. The van der Waals surface area contributed by atoms with Crippen molar-refractivity contribution >= 4 is 17.7 Å². The minimum Gasteiger partial charge on any atom is -0.478 e. The monoisotopic (exact) mass is 265 g/mol. The molecular formula is C13H19N3O3. The summed E-state index contributed by atoms with van der Waals surface area (Å²) in [5, 5.41) is 14.8. The molecule has 0 aliphatic carbocycles. The van der Waals surface area contributed by atoms with Crippen molar-refractivity contribution in [2.24, 2.45) is 0 Å². The van der Waals surface area contributed by atoms with Gasteiger partial charge in [-0.05, 0) is 19.1 Å². The predicted octanol–water partition coefficient (Wildman–Crippen LogP) is 1.38. The topological polar surface area (TPSA) is 81.7 Å². The Balaban J connectivity index is 2.54. The molecule has 1 aromatic rings. The lowest BCUT2D eigenvalue weighted by atomic mass is 10.1. The molecule has 0 fully saturated rings. The summed E-state index contributed by atoms with van der Waals surface area (Å²) in [6, 6.07) is 5.01. The zero-order valence-corrected chi connectivity index (χ0v) is 11.4. The fourth-order valence-electron chi connectivity index (χ4n) is 1.51. The molecule has 0 aromatic heterocycles. The van der Waals surface area contributed by atoms with Gasteiger partial charge in [0.05, 0.1) is 5.56 Å². The molecule has 0 saturated carbocycles. The molecule has 1 rings (SSSR count). The molecule has 6 nitrogen and oxygen atoms in total. The number of aromatic carboxylic acids is 1. The Kier molecular flexibility index (Phi) is 5.17. The van der Waals surface area contributed by atoms with E-state index in [-0.39, 0.29) is 11.6 Å². The summed E-state index contributed by atoms with van der Waals surface area (Å²) in [7, 11) is 3.32. The summed E-state index contributed by atoms with van der Waals surface area (Å²) in [5.74, 6) is -0.969. The molecule has 0 atom stereocenters. The van der Waals surface area contributed by atoms with E-state index in [9.17, 15) is 9.59 Å². The first-order valence-corrected chi connectivity index (χ1v) is 5.95. The van der Waals surface area contributed by atoms with Crippen molar-refractivity contribution in [2.75, 3.05) is 32.5 Å². The van der Waals surface area contributed by atoms with Crippen LogP contribution in [0, 0.1) is 6.92 Å². The summed E-state index contributed by atoms with van der Waals surface area (Å²) in [4.78, 5) is 23.8. The van der Waals surface area contributed by atoms with Gasteiger partial charge in [-0.15, -0.1) is 0 Å². The standard InChI is InChI=1S/C13H19N3O3/c1-9-4-5-11(10(8-9)12(17)18)14-6-7-15-13(19)16(2)3/h4-5,8,14H,6-7H2,1-3H3,(H,15,19)(H,17,18). The lowest BCUT2D eigenvalue weighted by molar-refractivity contribution is 0.0697. The van der Waals surface area contributed by atoms with E-state index in [1.165, 1.54) is 4.90 Å². The highest BCUT2D eigenvalue weighted by molar-refractivity contribution is 5.94. The highest BCUT2D eigenvalue weighted by atomic mass is 16.4. The third-order valence-electron chi connectivity index (χ3n) is 2.53. The van der Waals surface area contributed by atoms with Crippen molar-refractivity contribution in [3.8, 4) is 0 Å². The van der Waals surface area contributed by atoms with Crippen LogP contribution in [0.1, 0.15) is 15.9 Å². The molecule has 0 unspecified atom stereocenters. The molecule has 19 heavy (non-hydrogen) atoms. The minimum absolute atomic E-state index is 0.177. The van der Waals surface area contributed by atoms with Gasteiger partial charge in [0.2, 0.25) is 0 Å². The van der Waals surface area contributed by atoms with E-state index in [4.69, 9.17) is 5.11 Å². The highest BCUT2D eigenvalue weighted by Crippen LogP contribution is 2.16. The molecule has 1 aromatic carbocycles. The third kappa shape index (κ3) is 4.50. The number of aryl methyl sites for hydroxylation is 1. The zero-order chi connectivity index (χ0) is 14.4. The van der Waals surface area contributed by atoms with Crippen LogP contribution in [-0.2, 0) is 0 Å². The Hall–Kier alpha value is -2.24. The van der Waals surface area contributed by atoms with Gasteiger partial charge in [-0.25, -0.2) is 9.59 Å². The van der Waals surface area contributed by atoms with Gasteiger partial charge in [0.15, 0.2) is 0 Å². The molecule has 104 valence electrons. The first-order valence-electron chi connectivity index (χ1n) is 5.95. The number of amides is 2. The molecule has 0 heterocycles. The quantitative estimate of drug-likeness (QED) is 0.702. The number of carboxylic acids is 1. The molecule has 0 bridgehead atoms. The summed E-state index contributed by atoms with van der Waals surface area (Å²) < 4.78 is 0. The molecule has 0 aliphatic heterocycles. The Morgan fingerprint density at radius 3 is 2.53 bits per heavy atom. The van der Waals surface area contributed by atoms with Crippen LogP contribution < -0.4 is 10.6 Å². The molecule has 0 aliphatic rings. The zero-order valence-electron chi connectivity index (χ0n) is 11.4. The molecular weight excluding hydrogens is 246 g/mol. The maximum Gasteiger partial charge on any atom is 0.337 e. The number of nitrogens with zero attached hydrogens (tertiary/aromatic N) is 1. The van der Waals surface area contributed by atoms with Crippen LogP contribution in [0.25, 0.3) is 0 Å². The van der Waals surface area contributed by atoms with Crippen LogP contribution in [0.15, 0.2) is 18.2 Å². The van der Waals surface area contributed by atoms with Crippen molar-refractivity contribution in [2.45, 2.75) is 6.92 Å². The second kappa shape index (κ2) is 6.63. The summed E-state index contributed by atoms with van der Waals surface area (Å²) in [6.07, 6.45) is 0. The van der Waals surface area contributed by atoms with E-state index >= 15 is 0 Å². The van der Waals surface area contributed by atoms with Crippen molar-refractivity contribution in [1.82, 2.24) is 10.2 Å². The number of nitrogens with one attached hydrogen (secondary N) is 2. The lowest BCUT2D eigenvalue weighted by Crippen LogP contribution is -2.37. The van der Waals surface area contributed by atoms with Gasteiger partial charge >= 0.3 is 12.0 Å². The van der Waals surface area contributed by atoms with Crippen LogP contribution in [0.2, 0.25) is 0 Å². The van der Waals surface area contributed by atoms with Crippen LogP contribution >= 0.6 is 0 Å². The third-order valence-corrected chi connectivity index (χ3v) is 2.53. The van der Waals surface area contributed by atoms with Crippen molar-refractivity contribution in [3.05, 3.63) is 29.3 Å². The number of urea groups is 1. The normalized spacial score (nSPS) is 9.84. The van der Waals surface area contributed by atoms with Gasteiger partial charge in [0.1, 0.15) is 0 Å². The fourth-order valence-corrected chi connectivity index (χ4v) is 1.51. The number of carbonyl (C=O) groups excluding carboxylic acids is 1. The van der Waals surface area contributed by atoms with Crippen LogP contribution in [0.3, 0.4) is 0 Å². The van der Waals surface area contributed by atoms with Crippen LogP contribution in [-0.4, -0.2) is 49.2 Å². The summed E-state index contributed by atoms with van der Waals surface area (Å²) in [6.45, 7) is 2.72.